The Hall–Kier alpha value is -1.74. The van der Waals surface area contributed by atoms with Gasteiger partial charge in [0, 0.05) is 0 Å². The van der Waals surface area contributed by atoms with Gasteiger partial charge in [0.25, 0.3) is 0 Å². The average Bonchev–Trinajstić information content (AvgIpc) is 2.14. The van der Waals surface area contributed by atoms with Crippen molar-refractivity contribution in [3.8, 4) is 11.8 Å². The maximum absolute atomic E-state index is 10.9. The molecule has 2 amide bonds. The number of nitrogens with one attached hydrogen (secondary N) is 2. The number of urea groups is 1. The van der Waals surface area contributed by atoms with Gasteiger partial charge >= 0.3 is 12.0 Å². The van der Waals surface area contributed by atoms with E-state index in [1.54, 1.807) is 6.92 Å². The van der Waals surface area contributed by atoms with Crippen LogP contribution in [0.2, 0.25) is 0 Å². The first-order valence-electron chi connectivity index (χ1n) is 3.89. The Labute approximate surface area is 81.3 Å². The summed E-state index contributed by atoms with van der Waals surface area (Å²) < 4.78 is 0. The van der Waals surface area contributed by atoms with Gasteiger partial charge in [-0.15, -0.1) is 5.92 Å². The molecular weight excluding hydrogens is 188 g/mol. The zero-order valence-electron chi connectivity index (χ0n) is 7.70. The number of carboxylic acid groups (broad SMARTS) is 1. The summed E-state index contributed by atoms with van der Waals surface area (Å²) in [4.78, 5) is 21.3. The number of carbonyl (C=O) groups excluding carboxylic acids is 1. The van der Waals surface area contributed by atoms with Gasteiger partial charge < -0.3 is 20.8 Å². The van der Waals surface area contributed by atoms with Gasteiger partial charge in [-0.1, -0.05) is 5.92 Å². The van der Waals surface area contributed by atoms with Gasteiger partial charge in [0.15, 0.2) is 6.04 Å². The molecule has 0 unspecified atom stereocenters. The van der Waals surface area contributed by atoms with Crippen LogP contribution >= 0.6 is 0 Å². The topological polar surface area (TPSA) is 98.7 Å². The van der Waals surface area contributed by atoms with Crippen LogP contribution < -0.4 is 10.6 Å². The molecule has 0 aliphatic heterocycles. The minimum absolute atomic E-state index is 0.139. The lowest BCUT2D eigenvalue weighted by Crippen LogP contribution is -2.47. The first-order valence-corrected chi connectivity index (χ1v) is 3.89. The molecule has 4 N–H and O–H groups in total. The van der Waals surface area contributed by atoms with Crippen LogP contribution in [0.25, 0.3) is 0 Å². The summed E-state index contributed by atoms with van der Waals surface area (Å²) in [7, 11) is 0. The van der Waals surface area contributed by atoms with E-state index in [9.17, 15) is 9.59 Å². The Bertz CT molecular complexity index is 266. The molecule has 0 heterocycles. The third-order valence-corrected chi connectivity index (χ3v) is 1.30. The van der Waals surface area contributed by atoms with E-state index in [2.05, 4.69) is 22.5 Å². The summed E-state index contributed by atoms with van der Waals surface area (Å²) in [5.41, 5.74) is 0. The fourth-order valence-corrected chi connectivity index (χ4v) is 0.608. The number of rotatable bonds is 4. The second-order valence-electron chi connectivity index (χ2n) is 2.33. The molecule has 6 heteroatoms. The van der Waals surface area contributed by atoms with Crippen molar-refractivity contribution in [3.05, 3.63) is 0 Å². The van der Waals surface area contributed by atoms with Crippen molar-refractivity contribution in [2.24, 2.45) is 0 Å². The molecule has 0 aromatic heterocycles. The lowest BCUT2D eigenvalue weighted by molar-refractivity contribution is -0.140. The number of aliphatic hydroxyl groups excluding tert-OH is 1. The summed E-state index contributed by atoms with van der Waals surface area (Å²) in [6, 6.07) is -1.96. The van der Waals surface area contributed by atoms with Crippen molar-refractivity contribution in [3.63, 3.8) is 0 Å². The third kappa shape index (κ3) is 5.00. The summed E-state index contributed by atoms with van der Waals surface area (Å²) in [5, 5.41) is 21.4. The smallest absolute Gasteiger partial charge is 0.328 e. The van der Waals surface area contributed by atoms with Crippen molar-refractivity contribution >= 4 is 12.0 Å². The largest absolute Gasteiger partial charge is 0.480 e. The Balaban J connectivity index is 3.89. The molecule has 0 fully saturated rings. The number of hydrogen-bond donors (Lipinski definition) is 4. The number of aliphatic hydroxyl groups is 1. The van der Waals surface area contributed by atoms with E-state index in [1.807, 2.05) is 0 Å². The number of hydrogen-bond acceptors (Lipinski definition) is 3. The maximum atomic E-state index is 10.9. The molecule has 0 bridgehead atoms. The second-order valence-corrected chi connectivity index (χ2v) is 2.33. The highest BCUT2D eigenvalue weighted by molar-refractivity contribution is 5.82. The molecule has 0 spiro atoms. The van der Waals surface area contributed by atoms with Crippen molar-refractivity contribution in [2.45, 2.75) is 13.0 Å². The minimum atomic E-state index is -1.29. The molecule has 0 saturated heterocycles. The Morgan fingerprint density at radius 2 is 2.14 bits per heavy atom. The van der Waals surface area contributed by atoms with Gasteiger partial charge in [-0.25, -0.2) is 9.59 Å². The summed E-state index contributed by atoms with van der Waals surface area (Å²) >= 11 is 0. The number of amides is 2. The molecule has 0 radical (unpaired) electrons. The van der Waals surface area contributed by atoms with Crippen LogP contribution in [-0.4, -0.2) is 41.4 Å². The van der Waals surface area contributed by atoms with Crippen molar-refractivity contribution in [1.29, 1.82) is 0 Å². The van der Waals surface area contributed by atoms with Crippen LogP contribution in [0.4, 0.5) is 4.79 Å². The molecule has 6 nitrogen and oxygen atoms in total. The molecule has 0 aromatic carbocycles. The highest BCUT2D eigenvalue weighted by Gasteiger charge is 2.17. The SMILES string of the molecule is CC#CCNC(=O)N[C@H](CO)C(=O)O. The lowest BCUT2D eigenvalue weighted by atomic mass is 10.3. The van der Waals surface area contributed by atoms with Crippen molar-refractivity contribution < 1.29 is 19.8 Å². The van der Waals surface area contributed by atoms with E-state index in [0.717, 1.165) is 0 Å². The van der Waals surface area contributed by atoms with Gasteiger partial charge in [0.05, 0.1) is 13.2 Å². The van der Waals surface area contributed by atoms with Gasteiger partial charge in [-0.3, -0.25) is 0 Å². The fourth-order valence-electron chi connectivity index (χ4n) is 0.608. The molecule has 0 aliphatic rings. The normalized spacial score (nSPS) is 10.7. The molecule has 0 aromatic rings. The van der Waals surface area contributed by atoms with Crippen LogP contribution in [0.1, 0.15) is 6.92 Å². The zero-order valence-corrected chi connectivity index (χ0v) is 7.70. The molecular formula is C8H12N2O4. The minimum Gasteiger partial charge on any atom is -0.480 e. The Morgan fingerprint density at radius 1 is 1.50 bits per heavy atom. The van der Waals surface area contributed by atoms with Crippen LogP contribution in [0, 0.1) is 11.8 Å². The zero-order chi connectivity index (χ0) is 11.0. The first-order chi connectivity index (χ1) is 6.61. The maximum Gasteiger partial charge on any atom is 0.328 e. The summed E-state index contributed by atoms with van der Waals surface area (Å²) in [6.45, 7) is 1.11. The van der Waals surface area contributed by atoms with Crippen LogP contribution in [0.15, 0.2) is 0 Å². The molecule has 0 aliphatic carbocycles. The fraction of sp³-hybridized carbons (Fsp3) is 0.500. The predicted octanol–water partition coefficient (Wildman–Crippen LogP) is -1.25. The van der Waals surface area contributed by atoms with Gasteiger partial charge in [0.1, 0.15) is 0 Å². The predicted molar refractivity (Wildman–Crippen MR) is 48.5 cm³/mol. The highest BCUT2D eigenvalue weighted by Crippen LogP contribution is 1.81. The van der Waals surface area contributed by atoms with E-state index in [1.165, 1.54) is 0 Å². The second kappa shape index (κ2) is 6.74. The first kappa shape index (κ1) is 12.3. The standard InChI is InChI=1S/C8H12N2O4/c1-2-3-4-9-8(14)10-6(5-11)7(12)13/h6,11H,4-5H2,1H3,(H,12,13)(H2,9,10,14)/t6-/m1/s1. The Kier molecular flexibility index (Phi) is 5.90. The molecule has 1 atom stereocenters. The number of carboxylic acids is 1. The van der Waals surface area contributed by atoms with Gasteiger partial charge in [-0.05, 0) is 6.92 Å². The molecule has 0 saturated carbocycles. The van der Waals surface area contributed by atoms with Crippen LogP contribution in [0.3, 0.4) is 0 Å². The van der Waals surface area contributed by atoms with E-state index >= 15 is 0 Å². The van der Waals surface area contributed by atoms with Gasteiger partial charge in [0.2, 0.25) is 0 Å². The van der Waals surface area contributed by atoms with Crippen LogP contribution in [-0.2, 0) is 4.79 Å². The molecule has 0 rings (SSSR count). The van der Waals surface area contributed by atoms with E-state index in [0.29, 0.717) is 0 Å². The molecule has 78 valence electrons. The third-order valence-electron chi connectivity index (χ3n) is 1.30. The average molecular weight is 200 g/mol. The van der Waals surface area contributed by atoms with Crippen molar-refractivity contribution in [2.75, 3.05) is 13.2 Å². The summed E-state index contributed by atoms with van der Waals surface area (Å²) in [5.74, 6) is 3.83. The monoisotopic (exact) mass is 200 g/mol. The lowest BCUT2D eigenvalue weighted by Gasteiger charge is -2.11. The van der Waals surface area contributed by atoms with Crippen LogP contribution in [0.5, 0.6) is 0 Å². The number of aliphatic carboxylic acids is 1. The van der Waals surface area contributed by atoms with E-state index in [4.69, 9.17) is 10.2 Å². The quantitative estimate of drug-likeness (QED) is 0.426. The van der Waals surface area contributed by atoms with E-state index in [-0.39, 0.29) is 6.54 Å². The Morgan fingerprint density at radius 3 is 2.57 bits per heavy atom. The number of carbonyl (C=O) groups is 2. The summed E-state index contributed by atoms with van der Waals surface area (Å²) in [6.07, 6.45) is 0. The highest BCUT2D eigenvalue weighted by atomic mass is 16.4. The van der Waals surface area contributed by atoms with Crippen molar-refractivity contribution in [1.82, 2.24) is 10.6 Å². The van der Waals surface area contributed by atoms with Gasteiger partial charge in [-0.2, -0.15) is 0 Å². The van der Waals surface area contributed by atoms with E-state index < -0.39 is 24.6 Å². The molecule has 14 heavy (non-hydrogen) atoms.